The molecular weight excluding hydrogens is 550 g/mol. The molecule has 0 aromatic carbocycles. The lowest BCUT2D eigenvalue weighted by molar-refractivity contribution is -0.164. The molecule has 10 nitrogen and oxygen atoms in total. The van der Waals surface area contributed by atoms with Gasteiger partial charge in [-0.05, 0) is 44.4 Å². The van der Waals surface area contributed by atoms with E-state index in [0.29, 0.717) is 52.1 Å². The second kappa shape index (κ2) is 14.2. The molecule has 242 valence electrons. The molecule has 2 bridgehead atoms. The zero-order valence-corrected chi connectivity index (χ0v) is 26.7. The van der Waals surface area contributed by atoms with E-state index in [1.54, 1.807) is 15.9 Å². The molecule has 10 heteroatoms. The zero-order chi connectivity index (χ0) is 31.4. The second-order valence-electron chi connectivity index (χ2n) is 13.1. The van der Waals surface area contributed by atoms with Crippen LogP contribution in [0.1, 0.15) is 59.8 Å². The fourth-order valence-corrected chi connectivity index (χ4v) is 7.85. The SMILES string of the molecule is C=CCCCCOC(=O)[C@@H]1[C@H]2C(=O)N([C@@H](CO)[C@@H](C)CC)C(C(=O)N(CC=C)CCN3CCOCC3)C23CC(C)[C@@]1(C)O3. The van der Waals surface area contributed by atoms with Crippen molar-refractivity contribution in [3.63, 3.8) is 0 Å². The Bertz CT molecular complexity index is 1030. The number of likely N-dealkylation sites (tertiary alicyclic amines) is 1. The van der Waals surface area contributed by atoms with Gasteiger partial charge in [0.25, 0.3) is 0 Å². The highest BCUT2D eigenvalue weighted by Gasteiger charge is 2.80. The van der Waals surface area contributed by atoms with Gasteiger partial charge in [0.05, 0.1) is 44.0 Å². The summed E-state index contributed by atoms with van der Waals surface area (Å²) in [5.74, 6) is -2.80. The standard InChI is InChI=1S/C33H53N3O7/c1-7-10-11-12-18-42-31(40)27-26-29(38)36(25(22-37)23(4)9-3)28(33(26)21-24(5)32(27,6)43-33)30(39)35(13-8-2)15-14-34-16-19-41-20-17-34/h7-8,23-28,37H,1-2,9-22H2,3-6H3/t23-,24?,25-,26-,27-,28?,32+,33?/m0/s1. The molecule has 4 aliphatic heterocycles. The van der Waals surface area contributed by atoms with Crippen LogP contribution in [0.3, 0.4) is 0 Å². The molecule has 4 saturated heterocycles. The van der Waals surface area contributed by atoms with Crippen LogP contribution in [0.5, 0.6) is 0 Å². The lowest BCUT2D eigenvalue weighted by atomic mass is 9.62. The highest BCUT2D eigenvalue weighted by Crippen LogP contribution is 2.65. The molecule has 4 fully saturated rings. The van der Waals surface area contributed by atoms with E-state index in [2.05, 4.69) is 18.1 Å². The molecule has 1 N–H and O–H groups in total. The van der Waals surface area contributed by atoms with Crippen LogP contribution in [0.25, 0.3) is 0 Å². The second-order valence-corrected chi connectivity index (χ2v) is 13.1. The number of allylic oxidation sites excluding steroid dienone is 1. The monoisotopic (exact) mass is 603 g/mol. The summed E-state index contributed by atoms with van der Waals surface area (Å²) in [7, 11) is 0. The first-order valence-electron chi connectivity index (χ1n) is 16.2. The van der Waals surface area contributed by atoms with Gasteiger partial charge >= 0.3 is 5.97 Å². The third-order valence-corrected chi connectivity index (χ3v) is 10.6. The number of esters is 1. The minimum Gasteiger partial charge on any atom is -0.465 e. The van der Waals surface area contributed by atoms with Gasteiger partial charge in [0.2, 0.25) is 11.8 Å². The fraction of sp³-hybridized carbons (Fsp3) is 0.788. The van der Waals surface area contributed by atoms with Crippen molar-refractivity contribution in [1.29, 1.82) is 0 Å². The normalized spacial score (nSPS) is 33.2. The van der Waals surface area contributed by atoms with Crippen molar-refractivity contribution in [3.05, 3.63) is 25.3 Å². The fourth-order valence-electron chi connectivity index (χ4n) is 7.85. The first-order valence-corrected chi connectivity index (χ1v) is 16.2. The zero-order valence-electron chi connectivity index (χ0n) is 26.7. The number of hydrogen-bond acceptors (Lipinski definition) is 8. The van der Waals surface area contributed by atoms with Crippen LogP contribution >= 0.6 is 0 Å². The number of fused-ring (bicyclic) bond motifs is 1. The predicted octanol–water partition coefficient (Wildman–Crippen LogP) is 2.65. The summed E-state index contributed by atoms with van der Waals surface area (Å²) in [6, 6.07) is -1.55. The summed E-state index contributed by atoms with van der Waals surface area (Å²) < 4.78 is 18.1. The minimum atomic E-state index is -1.19. The Morgan fingerprint density at radius 2 is 1.95 bits per heavy atom. The van der Waals surface area contributed by atoms with E-state index in [4.69, 9.17) is 14.2 Å². The number of nitrogens with zero attached hydrogens (tertiary/aromatic N) is 3. The van der Waals surface area contributed by atoms with Crippen molar-refractivity contribution in [3.8, 4) is 0 Å². The molecule has 4 heterocycles. The van der Waals surface area contributed by atoms with E-state index in [0.717, 1.165) is 25.9 Å². The Labute approximate surface area is 257 Å². The van der Waals surface area contributed by atoms with E-state index in [9.17, 15) is 19.5 Å². The molecule has 1 spiro atoms. The number of unbranched alkanes of at least 4 members (excludes halogenated alkanes) is 2. The Kier molecular flexibility index (Phi) is 11.1. The van der Waals surface area contributed by atoms with Crippen LogP contribution in [-0.2, 0) is 28.6 Å². The number of amides is 2. The molecule has 0 aromatic rings. The molecule has 0 aromatic heterocycles. The molecule has 4 aliphatic rings. The van der Waals surface area contributed by atoms with E-state index < -0.39 is 41.1 Å². The maximum atomic E-state index is 14.7. The van der Waals surface area contributed by atoms with Gasteiger partial charge in [-0.15, -0.1) is 13.2 Å². The third kappa shape index (κ3) is 6.17. The number of aliphatic hydroxyl groups excluding tert-OH is 1. The van der Waals surface area contributed by atoms with E-state index in [1.165, 1.54) is 0 Å². The van der Waals surface area contributed by atoms with Gasteiger partial charge in [-0.25, -0.2) is 0 Å². The molecular formula is C33H53N3O7. The first kappa shape index (κ1) is 33.6. The highest BCUT2D eigenvalue weighted by molar-refractivity contribution is 5.98. The van der Waals surface area contributed by atoms with Crippen molar-refractivity contribution in [2.24, 2.45) is 23.7 Å². The molecule has 3 unspecified atom stereocenters. The van der Waals surface area contributed by atoms with Crippen molar-refractivity contribution < 1.29 is 33.7 Å². The van der Waals surface area contributed by atoms with Crippen molar-refractivity contribution in [2.75, 3.05) is 59.2 Å². The topological polar surface area (TPSA) is 109 Å². The van der Waals surface area contributed by atoms with Crippen molar-refractivity contribution >= 4 is 17.8 Å². The number of carbonyl (C=O) groups is 3. The molecule has 0 radical (unpaired) electrons. The largest absolute Gasteiger partial charge is 0.465 e. The molecule has 43 heavy (non-hydrogen) atoms. The molecule has 2 amide bonds. The Morgan fingerprint density at radius 1 is 1.23 bits per heavy atom. The maximum Gasteiger partial charge on any atom is 0.312 e. The van der Waals surface area contributed by atoms with E-state index >= 15 is 0 Å². The van der Waals surface area contributed by atoms with Crippen LogP contribution in [0.15, 0.2) is 25.3 Å². The van der Waals surface area contributed by atoms with Gasteiger partial charge in [-0.1, -0.05) is 39.3 Å². The molecule has 8 atom stereocenters. The summed E-state index contributed by atoms with van der Waals surface area (Å²) in [5.41, 5.74) is -2.13. The molecule has 0 aliphatic carbocycles. The number of aliphatic hydroxyl groups is 1. The third-order valence-electron chi connectivity index (χ3n) is 10.6. The number of carbonyl (C=O) groups excluding carboxylic acids is 3. The maximum absolute atomic E-state index is 14.7. The van der Waals surface area contributed by atoms with E-state index in [-0.39, 0.29) is 36.9 Å². The highest BCUT2D eigenvalue weighted by atomic mass is 16.6. The average molecular weight is 604 g/mol. The van der Waals surface area contributed by atoms with Crippen LogP contribution in [0.2, 0.25) is 0 Å². The molecule has 4 rings (SSSR count). The number of morpholine rings is 1. The summed E-state index contributed by atoms with van der Waals surface area (Å²) in [4.78, 5) is 48.7. The van der Waals surface area contributed by atoms with E-state index in [1.807, 2.05) is 33.8 Å². The number of rotatable bonds is 16. The number of hydrogen-bond donors (Lipinski definition) is 1. The van der Waals surface area contributed by atoms with Gasteiger partial charge in [0.1, 0.15) is 17.6 Å². The van der Waals surface area contributed by atoms with Crippen molar-refractivity contribution in [2.45, 2.75) is 83.1 Å². The van der Waals surface area contributed by atoms with Gasteiger partial charge in [0.15, 0.2) is 0 Å². The first-order chi connectivity index (χ1) is 20.6. The summed E-state index contributed by atoms with van der Waals surface area (Å²) >= 11 is 0. The number of ether oxygens (including phenoxy) is 3. The lowest BCUT2D eigenvalue weighted by Crippen LogP contribution is -2.60. The lowest BCUT2D eigenvalue weighted by Gasteiger charge is -2.41. The Morgan fingerprint density at radius 3 is 2.58 bits per heavy atom. The summed E-state index contributed by atoms with van der Waals surface area (Å²) in [5, 5.41) is 10.6. The van der Waals surface area contributed by atoms with Gasteiger partial charge in [0, 0.05) is 32.7 Å². The quantitative estimate of drug-likeness (QED) is 0.163. The van der Waals surface area contributed by atoms with Gasteiger partial charge in [-0.3, -0.25) is 19.3 Å². The van der Waals surface area contributed by atoms with Crippen LogP contribution in [-0.4, -0.2) is 120 Å². The summed E-state index contributed by atoms with van der Waals surface area (Å²) in [6.07, 6.45) is 7.13. The van der Waals surface area contributed by atoms with Crippen LogP contribution in [0.4, 0.5) is 0 Å². The van der Waals surface area contributed by atoms with Crippen molar-refractivity contribution in [1.82, 2.24) is 14.7 Å². The molecule has 0 saturated carbocycles. The van der Waals surface area contributed by atoms with Gasteiger partial charge < -0.3 is 29.1 Å². The Hall–Kier alpha value is -2.27. The predicted molar refractivity (Wildman–Crippen MR) is 163 cm³/mol. The average Bonchev–Trinajstić information content (AvgIpc) is 3.52. The Balaban J connectivity index is 1.70. The van der Waals surface area contributed by atoms with Crippen LogP contribution in [0, 0.1) is 23.7 Å². The smallest absolute Gasteiger partial charge is 0.312 e. The minimum absolute atomic E-state index is 0.0684. The van der Waals surface area contributed by atoms with Crippen LogP contribution < -0.4 is 0 Å². The van der Waals surface area contributed by atoms with Gasteiger partial charge in [-0.2, -0.15) is 0 Å². The summed E-state index contributed by atoms with van der Waals surface area (Å²) in [6.45, 7) is 19.9.